The summed E-state index contributed by atoms with van der Waals surface area (Å²) in [6.07, 6.45) is 3.73. The number of hydrogen-bond donors (Lipinski definition) is 0. The van der Waals surface area contributed by atoms with Crippen molar-refractivity contribution in [1.82, 2.24) is 0 Å². The van der Waals surface area contributed by atoms with Crippen molar-refractivity contribution in [1.29, 1.82) is 0 Å². The lowest BCUT2D eigenvalue weighted by atomic mass is 10.1. The monoisotopic (exact) mass is 159 g/mol. The van der Waals surface area contributed by atoms with Gasteiger partial charge < -0.3 is 0 Å². The Morgan fingerprint density at radius 3 is 2.50 bits per heavy atom. The van der Waals surface area contributed by atoms with E-state index in [4.69, 9.17) is 0 Å². The zero-order chi connectivity index (χ0) is 8.81. The van der Waals surface area contributed by atoms with Gasteiger partial charge >= 0.3 is 0 Å². The highest BCUT2D eigenvalue weighted by atomic mass is 14.7. The maximum atomic E-state index is 4.25. The lowest BCUT2D eigenvalue weighted by molar-refractivity contribution is 1.47. The smallest absolute Gasteiger partial charge is 0.0444 e. The van der Waals surface area contributed by atoms with Crippen LogP contribution in [0.3, 0.4) is 0 Å². The van der Waals surface area contributed by atoms with E-state index in [1.807, 2.05) is 44.3 Å². The zero-order valence-electron chi connectivity index (χ0n) is 7.49. The number of allylic oxidation sites excluding steroid dienone is 1. The molecule has 0 fully saturated rings. The molecule has 0 aliphatic heterocycles. The minimum Gasteiger partial charge on any atom is -0.261 e. The molecule has 0 N–H and O–H groups in total. The molecule has 1 nitrogen and oxygen atoms in total. The fraction of sp³-hybridized carbons (Fsp3) is 0.182. The summed E-state index contributed by atoms with van der Waals surface area (Å²) < 4.78 is 0. The van der Waals surface area contributed by atoms with Gasteiger partial charge in [0, 0.05) is 11.9 Å². The molecule has 0 spiro atoms. The lowest BCUT2D eigenvalue weighted by Crippen LogP contribution is -1.91. The predicted octanol–water partition coefficient (Wildman–Crippen LogP) is 3.03. The van der Waals surface area contributed by atoms with Crippen molar-refractivity contribution in [2.45, 2.75) is 13.8 Å². The van der Waals surface area contributed by atoms with Gasteiger partial charge in [0.15, 0.2) is 0 Å². The summed E-state index contributed by atoms with van der Waals surface area (Å²) >= 11 is 0. The summed E-state index contributed by atoms with van der Waals surface area (Å²) in [7, 11) is 0. The van der Waals surface area contributed by atoms with Crippen LogP contribution in [0, 0.1) is 0 Å². The van der Waals surface area contributed by atoms with Gasteiger partial charge in [0.05, 0.1) is 0 Å². The van der Waals surface area contributed by atoms with Crippen LogP contribution in [-0.4, -0.2) is 5.71 Å². The Bertz CT molecular complexity index is 283. The molecule has 62 valence electrons. The molecule has 0 amide bonds. The highest BCUT2D eigenvalue weighted by molar-refractivity contribution is 5.98. The molecule has 1 aromatic rings. The molecule has 12 heavy (non-hydrogen) atoms. The van der Waals surface area contributed by atoms with E-state index in [0.29, 0.717) is 0 Å². The van der Waals surface area contributed by atoms with E-state index in [2.05, 4.69) is 17.1 Å². The van der Waals surface area contributed by atoms with Crippen molar-refractivity contribution in [2.24, 2.45) is 4.99 Å². The van der Waals surface area contributed by atoms with Gasteiger partial charge in [-0.3, -0.25) is 4.99 Å². The third-order valence-electron chi connectivity index (χ3n) is 1.61. The number of rotatable bonds is 2. The third-order valence-corrected chi connectivity index (χ3v) is 1.61. The Balaban J connectivity index is 2.85. The molecule has 0 saturated heterocycles. The molecule has 0 atom stereocenters. The van der Waals surface area contributed by atoms with E-state index in [-0.39, 0.29) is 0 Å². The highest BCUT2D eigenvalue weighted by Gasteiger charge is 1.91. The van der Waals surface area contributed by atoms with Crippen molar-refractivity contribution >= 4 is 5.71 Å². The van der Waals surface area contributed by atoms with E-state index in [1.165, 1.54) is 5.56 Å². The van der Waals surface area contributed by atoms with Crippen LogP contribution in [0.25, 0.3) is 0 Å². The van der Waals surface area contributed by atoms with Crippen molar-refractivity contribution in [2.75, 3.05) is 0 Å². The van der Waals surface area contributed by atoms with Gasteiger partial charge in [-0.05, 0) is 19.4 Å². The molecule has 0 aliphatic rings. The molecule has 0 bridgehead atoms. The number of aliphatic imine (C=N–C) groups is 1. The molecular weight excluding hydrogens is 146 g/mol. The Labute approximate surface area is 73.5 Å². The maximum absolute atomic E-state index is 4.25. The first-order valence-electron chi connectivity index (χ1n) is 4.05. The molecule has 0 heterocycles. The van der Waals surface area contributed by atoms with Crippen LogP contribution in [0.4, 0.5) is 0 Å². The van der Waals surface area contributed by atoms with E-state index < -0.39 is 0 Å². The molecule has 0 unspecified atom stereocenters. The molecule has 1 aromatic carbocycles. The first-order valence-corrected chi connectivity index (χ1v) is 4.05. The standard InChI is InChI=1S/C11H13N/c1-3-9-12-10(2)11-7-5-4-6-8-11/h3-9H,1-2H3. The molecule has 1 rings (SSSR count). The quantitative estimate of drug-likeness (QED) is 0.588. The van der Waals surface area contributed by atoms with Crippen molar-refractivity contribution in [3.8, 4) is 0 Å². The summed E-state index contributed by atoms with van der Waals surface area (Å²) in [5.41, 5.74) is 2.23. The zero-order valence-corrected chi connectivity index (χ0v) is 7.49. The summed E-state index contributed by atoms with van der Waals surface area (Å²) in [5.74, 6) is 0. The summed E-state index contributed by atoms with van der Waals surface area (Å²) in [6, 6.07) is 10.2. The minimum atomic E-state index is 1.05. The molecule has 0 aliphatic carbocycles. The van der Waals surface area contributed by atoms with E-state index in [9.17, 15) is 0 Å². The Morgan fingerprint density at radius 2 is 1.92 bits per heavy atom. The maximum Gasteiger partial charge on any atom is 0.0444 e. The molecular formula is C11H13N. The van der Waals surface area contributed by atoms with Gasteiger partial charge in [-0.1, -0.05) is 36.4 Å². The van der Waals surface area contributed by atoms with Crippen molar-refractivity contribution in [3.63, 3.8) is 0 Å². The number of benzene rings is 1. The van der Waals surface area contributed by atoms with Gasteiger partial charge in [-0.2, -0.15) is 0 Å². The van der Waals surface area contributed by atoms with Gasteiger partial charge in [0.2, 0.25) is 0 Å². The lowest BCUT2D eigenvalue weighted by Gasteiger charge is -1.96. The first kappa shape index (κ1) is 8.72. The summed E-state index contributed by atoms with van der Waals surface area (Å²) in [4.78, 5) is 4.25. The summed E-state index contributed by atoms with van der Waals surface area (Å²) in [5, 5.41) is 0. The number of nitrogens with zero attached hydrogens (tertiary/aromatic N) is 1. The second kappa shape index (κ2) is 4.50. The average molecular weight is 159 g/mol. The minimum absolute atomic E-state index is 1.05. The molecule has 0 saturated carbocycles. The Kier molecular flexibility index (Phi) is 3.27. The first-order chi connectivity index (χ1) is 5.84. The van der Waals surface area contributed by atoms with Gasteiger partial charge in [0.1, 0.15) is 0 Å². The van der Waals surface area contributed by atoms with Crippen LogP contribution in [0.15, 0.2) is 47.6 Å². The van der Waals surface area contributed by atoms with Crippen LogP contribution >= 0.6 is 0 Å². The predicted molar refractivity (Wildman–Crippen MR) is 53.5 cm³/mol. The molecule has 0 aromatic heterocycles. The fourth-order valence-electron chi connectivity index (χ4n) is 0.940. The fourth-order valence-corrected chi connectivity index (χ4v) is 0.940. The van der Waals surface area contributed by atoms with E-state index in [0.717, 1.165) is 5.71 Å². The molecule has 0 radical (unpaired) electrons. The highest BCUT2D eigenvalue weighted by Crippen LogP contribution is 2.00. The van der Waals surface area contributed by atoms with Crippen molar-refractivity contribution < 1.29 is 0 Å². The van der Waals surface area contributed by atoms with Crippen LogP contribution in [0.5, 0.6) is 0 Å². The normalized spacial score (nSPS) is 12.3. The topological polar surface area (TPSA) is 12.4 Å². The van der Waals surface area contributed by atoms with Crippen LogP contribution in [-0.2, 0) is 0 Å². The molecule has 1 heteroatoms. The number of hydrogen-bond acceptors (Lipinski definition) is 1. The summed E-state index contributed by atoms with van der Waals surface area (Å²) in [6.45, 7) is 3.97. The second-order valence-corrected chi connectivity index (χ2v) is 2.56. The van der Waals surface area contributed by atoms with Gasteiger partial charge in [-0.25, -0.2) is 0 Å². The van der Waals surface area contributed by atoms with Gasteiger partial charge in [0.25, 0.3) is 0 Å². The second-order valence-electron chi connectivity index (χ2n) is 2.56. The SMILES string of the molecule is CC=CN=C(C)c1ccccc1. The Morgan fingerprint density at radius 1 is 1.25 bits per heavy atom. The van der Waals surface area contributed by atoms with Crippen LogP contribution in [0.1, 0.15) is 19.4 Å². The van der Waals surface area contributed by atoms with Gasteiger partial charge in [-0.15, -0.1) is 0 Å². The van der Waals surface area contributed by atoms with Crippen LogP contribution in [0.2, 0.25) is 0 Å². The van der Waals surface area contributed by atoms with Crippen LogP contribution < -0.4 is 0 Å². The third kappa shape index (κ3) is 2.35. The van der Waals surface area contributed by atoms with E-state index >= 15 is 0 Å². The largest absolute Gasteiger partial charge is 0.261 e. The van der Waals surface area contributed by atoms with E-state index in [1.54, 1.807) is 0 Å². The van der Waals surface area contributed by atoms with Crippen molar-refractivity contribution in [3.05, 3.63) is 48.2 Å². The Hall–Kier alpha value is -1.37. The average Bonchev–Trinajstić information content (AvgIpc) is 2.15.